The van der Waals surface area contributed by atoms with Crippen LogP contribution in [0.3, 0.4) is 0 Å². The highest BCUT2D eigenvalue weighted by molar-refractivity contribution is 5.82. The predicted octanol–water partition coefficient (Wildman–Crippen LogP) is 2.35. The van der Waals surface area contributed by atoms with Crippen LogP contribution in [0.2, 0.25) is 0 Å². The van der Waals surface area contributed by atoms with Crippen molar-refractivity contribution < 1.29 is 0 Å². The second kappa shape index (κ2) is 3.99. The van der Waals surface area contributed by atoms with Crippen molar-refractivity contribution in [2.45, 2.75) is 20.3 Å². The molecule has 2 rings (SSSR count). The highest BCUT2D eigenvalue weighted by Gasteiger charge is 2.04. The minimum atomic E-state index is 0.658. The van der Waals surface area contributed by atoms with Gasteiger partial charge in [-0.2, -0.15) is 0 Å². The quantitative estimate of drug-likeness (QED) is 0.808. The van der Waals surface area contributed by atoms with Crippen LogP contribution in [0.25, 0.3) is 10.9 Å². The smallest absolute Gasteiger partial charge is 0.0734 e. The summed E-state index contributed by atoms with van der Waals surface area (Å²) >= 11 is 0. The van der Waals surface area contributed by atoms with E-state index in [0.717, 1.165) is 17.6 Å². The molecule has 0 fully saturated rings. The van der Waals surface area contributed by atoms with E-state index in [0.29, 0.717) is 6.54 Å². The summed E-state index contributed by atoms with van der Waals surface area (Å²) in [6.07, 6.45) is 0.857. The largest absolute Gasteiger partial charge is 0.330 e. The predicted molar refractivity (Wildman–Crippen MR) is 64.0 cm³/mol. The fourth-order valence-corrected chi connectivity index (χ4v) is 1.88. The van der Waals surface area contributed by atoms with E-state index in [9.17, 15) is 0 Å². The fraction of sp³-hybridized carbons (Fsp3) is 0.308. The van der Waals surface area contributed by atoms with Gasteiger partial charge in [-0.1, -0.05) is 18.2 Å². The average molecular weight is 200 g/mol. The first-order valence-corrected chi connectivity index (χ1v) is 5.28. The molecule has 0 amide bonds. The van der Waals surface area contributed by atoms with Crippen LogP contribution in [0.1, 0.15) is 16.8 Å². The Hall–Kier alpha value is -1.41. The summed E-state index contributed by atoms with van der Waals surface area (Å²) in [6, 6.07) is 8.47. The Bertz CT molecular complexity index is 489. The summed E-state index contributed by atoms with van der Waals surface area (Å²) in [5, 5.41) is 1.22. The van der Waals surface area contributed by atoms with E-state index >= 15 is 0 Å². The molecule has 0 aliphatic rings. The third-order valence-electron chi connectivity index (χ3n) is 2.72. The topological polar surface area (TPSA) is 38.9 Å². The first-order chi connectivity index (χ1) is 7.22. The van der Waals surface area contributed by atoms with Crippen LogP contribution < -0.4 is 5.73 Å². The number of nitrogens with two attached hydrogens (primary N) is 1. The first kappa shape index (κ1) is 10.1. The van der Waals surface area contributed by atoms with E-state index in [1.54, 1.807) is 0 Å². The van der Waals surface area contributed by atoms with Crippen molar-refractivity contribution in [3.05, 3.63) is 41.1 Å². The molecule has 2 heteroatoms. The average Bonchev–Trinajstić information content (AvgIpc) is 2.21. The summed E-state index contributed by atoms with van der Waals surface area (Å²) in [5.74, 6) is 0. The van der Waals surface area contributed by atoms with Crippen molar-refractivity contribution in [1.82, 2.24) is 4.98 Å². The molecule has 0 radical (unpaired) electrons. The van der Waals surface area contributed by atoms with Crippen molar-refractivity contribution in [1.29, 1.82) is 0 Å². The van der Waals surface area contributed by atoms with Gasteiger partial charge in [0.25, 0.3) is 0 Å². The van der Waals surface area contributed by atoms with Crippen LogP contribution in [0.15, 0.2) is 24.3 Å². The minimum absolute atomic E-state index is 0.658. The number of hydrogen-bond donors (Lipinski definition) is 1. The zero-order valence-electron chi connectivity index (χ0n) is 9.25. The van der Waals surface area contributed by atoms with Crippen molar-refractivity contribution in [3.63, 3.8) is 0 Å². The number of fused-ring (bicyclic) bond motifs is 1. The van der Waals surface area contributed by atoms with Gasteiger partial charge in [-0.25, -0.2) is 0 Å². The fourth-order valence-electron chi connectivity index (χ4n) is 1.88. The van der Waals surface area contributed by atoms with Crippen LogP contribution in [0.5, 0.6) is 0 Å². The van der Waals surface area contributed by atoms with Crippen molar-refractivity contribution >= 4 is 10.9 Å². The van der Waals surface area contributed by atoms with Gasteiger partial charge in [-0.05, 0) is 37.6 Å². The zero-order chi connectivity index (χ0) is 10.8. The van der Waals surface area contributed by atoms with E-state index in [-0.39, 0.29) is 0 Å². The number of aromatic nitrogens is 1. The van der Waals surface area contributed by atoms with Crippen LogP contribution in [-0.4, -0.2) is 11.5 Å². The van der Waals surface area contributed by atoms with E-state index in [1.165, 1.54) is 16.5 Å². The number of nitrogens with zero attached hydrogens (tertiary/aromatic N) is 1. The third kappa shape index (κ3) is 1.85. The number of aryl methyl sites for hydroxylation is 2. The lowest BCUT2D eigenvalue weighted by molar-refractivity contribution is 0.918. The van der Waals surface area contributed by atoms with Crippen LogP contribution in [0.4, 0.5) is 0 Å². The van der Waals surface area contributed by atoms with Gasteiger partial charge in [0, 0.05) is 17.5 Å². The molecule has 0 aliphatic heterocycles. The SMILES string of the molecule is Cc1cc2cccc(C)c2nc1CCN. The Labute approximate surface area is 90.1 Å². The highest BCUT2D eigenvalue weighted by Crippen LogP contribution is 2.19. The maximum absolute atomic E-state index is 5.57. The second-order valence-corrected chi connectivity index (χ2v) is 3.94. The van der Waals surface area contributed by atoms with Gasteiger partial charge >= 0.3 is 0 Å². The monoisotopic (exact) mass is 200 g/mol. The molecule has 0 saturated carbocycles. The molecule has 78 valence electrons. The van der Waals surface area contributed by atoms with E-state index < -0.39 is 0 Å². The number of pyridine rings is 1. The molecule has 2 aromatic rings. The van der Waals surface area contributed by atoms with Gasteiger partial charge in [0.15, 0.2) is 0 Å². The standard InChI is InChI=1S/C13H16N2/c1-9-4-3-5-11-8-10(2)12(6-7-14)15-13(9)11/h3-5,8H,6-7,14H2,1-2H3. The molecule has 0 saturated heterocycles. The zero-order valence-corrected chi connectivity index (χ0v) is 9.25. The van der Waals surface area contributed by atoms with Crippen LogP contribution >= 0.6 is 0 Å². The molecule has 1 heterocycles. The van der Waals surface area contributed by atoms with Crippen molar-refractivity contribution in [3.8, 4) is 0 Å². The Kier molecular flexibility index (Phi) is 2.69. The maximum Gasteiger partial charge on any atom is 0.0734 e. The van der Waals surface area contributed by atoms with Crippen molar-refractivity contribution in [2.24, 2.45) is 5.73 Å². The molecular formula is C13H16N2. The van der Waals surface area contributed by atoms with E-state index in [1.807, 2.05) is 0 Å². The van der Waals surface area contributed by atoms with Gasteiger partial charge < -0.3 is 5.73 Å². The summed E-state index contributed by atoms with van der Waals surface area (Å²) < 4.78 is 0. The van der Waals surface area contributed by atoms with Gasteiger partial charge in [-0.3, -0.25) is 4.98 Å². The second-order valence-electron chi connectivity index (χ2n) is 3.94. The molecule has 2 nitrogen and oxygen atoms in total. The molecule has 0 unspecified atom stereocenters. The summed E-state index contributed by atoms with van der Waals surface area (Å²) in [4.78, 5) is 4.68. The Balaban J connectivity index is 2.66. The molecule has 15 heavy (non-hydrogen) atoms. The molecule has 0 bridgehead atoms. The van der Waals surface area contributed by atoms with Gasteiger partial charge in [0.2, 0.25) is 0 Å². The molecule has 0 spiro atoms. The number of para-hydroxylation sites is 1. The normalized spacial score (nSPS) is 10.9. The third-order valence-corrected chi connectivity index (χ3v) is 2.72. The molecular weight excluding hydrogens is 184 g/mol. The number of benzene rings is 1. The van der Waals surface area contributed by atoms with Crippen molar-refractivity contribution in [2.75, 3.05) is 6.54 Å². The van der Waals surface area contributed by atoms with E-state index in [2.05, 4.69) is 43.1 Å². The van der Waals surface area contributed by atoms with E-state index in [4.69, 9.17) is 5.73 Å². The highest BCUT2D eigenvalue weighted by atomic mass is 14.7. The molecule has 1 aromatic heterocycles. The maximum atomic E-state index is 5.57. The minimum Gasteiger partial charge on any atom is -0.330 e. The molecule has 0 aliphatic carbocycles. The van der Waals surface area contributed by atoms with Crippen LogP contribution in [-0.2, 0) is 6.42 Å². The molecule has 1 aromatic carbocycles. The Morgan fingerprint density at radius 3 is 2.73 bits per heavy atom. The summed E-state index contributed by atoms with van der Waals surface area (Å²) in [6.45, 7) is 4.85. The molecule has 0 atom stereocenters. The van der Waals surface area contributed by atoms with Gasteiger partial charge in [-0.15, -0.1) is 0 Å². The van der Waals surface area contributed by atoms with Gasteiger partial charge in [0.1, 0.15) is 0 Å². The number of hydrogen-bond acceptors (Lipinski definition) is 2. The van der Waals surface area contributed by atoms with Crippen LogP contribution in [0, 0.1) is 13.8 Å². The lowest BCUT2D eigenvalue weighted by atomic mass is 10.1. The number of rotatable bonds is 2. The lowest BCUT2D eigenvalue weighted by Gasteiger charge is -2.07. The Morgan fingerprint density at radius 2 is 2.00 bits per heavy atom. The molecule has 2 N–H and O–H groups in total. The lowest BCUT2D eigenvalue weighted by Crippen LogP contribution is -2.06. The summed E-state index contributed by atoms with van der Waals surface area (Å²) in [7, 11) is 0. The first-order valence-electron chi connectivity index (χ1n) is 5.28. The Morgan fingerprint density at radius 1 is 1.20 bits per heavy atom. The van der Waals surface area contributed by atoms with Gasteiger partial charge in [0.05, 0.1) is 5.52 Å². The summed E-state index contributed by atoms with van der Waals surface area (Å²) in [5.41, 5.74) is 10.3.